The van der Waals surface area contributed by atoms with Crippen LogP contribution in [0.1, 0.15) is 17.2 Å². The molecule has 0 saturated heterocycles. The van der Waals surface area contributed by atoms with E-state index in [1.807, 2.05) is 0 Å². The summed E-state index contributed by atoms with van der Waals surface area (Å²) < 4.78 is 18.8. The number of H-pyrrole nitrogens is 1. The molecular weight excluding hydrogens is 225 g/mol. The van der Waals surface area contributed by atoms with Crippen molar-refractivity contribution in [2.45, 2.75) is 12.5 Å². The first-order chi connectivity index (χ1) is 8.18. The average molecular weight is 235 g/mol. The van der Waals surface area contributed by atoms with E-state index in [1.54, 1.807) is 12.1 Å². The van der Waals surface area contributed by atoms with Gasteiger partial charge >= 0.3 is 5.97 Å². The summed E-state index contributed by atoms with van der Waals surface area (Å²) in [6.07, 6.45) is 0. The molecule has 4 nitrogen and oxygen atoms in total. The molecule has 1 aliphatic heterocycles. The molecule has 88 valence electrons. The number of aromatic nitrogens is 1. The summed E-state index contributed by atoms with van der Waals surface area (Å²) in [6.45, 7) is 0.444. The number of hydrogen-bond acceptors (Lipinski definition) is 2. The Labute approximate surface area is 96.0 Å². The number of hydrogen-bond donors (Lipinski definition) is 2. The Morgan fingerprint density at radius 3 is 3.12 bits per heavy atom. The number of rotatable bonds is 1. The van der Waals surface area contributed by atoms with Gasteiger partial charge in [-0.1, -0.05) is 12.1 Å². The number of ether oxygens (including phenoxy) is 1. The fourth-order valence-corrected chi connectivity index (χ4v) is 2.27. The number of para-hydroxylation sites is 1. The number of benzene rings is 1. The number of aliphatic carboxylic acids is 1. The van der Waals surface area contributed by atoms with Crippen molar-refractivity contribution in [3.05, 3.63) is 35.3 Å². The molecule has 0 spiro atoms. The molecule has 0 radical (unpaired) electrons. The fraction of sp³-hybridized carbons (Fsp3) is 0.250. The zero-order valence-electron chi connectivity index (χ0n) is 8.87. The monoisotopic (exact) mass is 235 g/mol. The van der Waals surface area contributed by atoms with Crippen LogP contribution in [0.15, 0.2) is 18.2 Å². The Balaban J connectivity index is 2.28. The summed E-state index contributed by atoms with van der Waals surface area (Å²) in [4.78, 5) is 14.0. The third kappa shape index (κ3) is 1.43. The van der Waals surface area contributed by atoms with Gasteiger partial charge in [0, 0.05) is 16.6 Å². The first-order valence-corrected chi connectivity index (χ1v) is 5.28. The SMILES string of the molecule is O=C(O)C1COCc2c1[nH]c1c(F)cccc21. The number of carboxylic acids is 1. The summed E-state index contributed by atoms with van der Waals surface area (Å²) in [5.41, 5.74) is 1.66. The predicted octanol–water partition coefficient (Wildman–Crippen LogP) is 2.01. The van der Waals surface area contributed by atoms with Crippen LogP contribution in [0.5, 0.6) is 0 Å². The van der Waals surface area contributed by atoms with Gasteiger partial charge in [-0.15, -0.1) is 0 Å². The smallest absolute Gasteiger partial charge is 0.314 e. The maximum absolute atomic E-state index is 13.6. The van der Waals surface area contributed by atoms with Crippen LogP contribution < -0.4 is 0 Å². The first-order valence-electron chi connectivity index (χ1n) is 5.28. The van der Waals surface area contributed by atoms with E-state index >= 15 is 0 Å². The second-order valence-electron chi connectivity index (χ2n) is 4.09. The number of nitrogens with one attached hydrogen (secondary N) is 1. The largest absolute Gasteiger partial charge is 0.481 e. The molecule has 1 aromatic carbocycles. The Morgan fingerprint density at radius 1 is 1.53 bits per heavy atom. The van der Waals surface area contributed by atoms with Gasteiger partial charge in [0.1, 0.15) is 11.7 Å². The predicted molar refractivity (Wildman–Crippen MR) is 58.3 cm³/mol. The lowest BCUT2D eigenvalue weighted by Crippen LogP contribution is -2.23. The van der Waals surface area contributed by atoms with E-state index in [2.05, 4.69) is 4.98 Å². The molecule has 0 fully saturated rings. The first kappa shape index (κ1) is 10.3. The number of aromatic amines is 1. The van der Waals surface area contributed by atoms with Gasteiger partial charge in [-0.3, -0.25) is 4.79 Å². The van der Waals surface area contributed by atoms with Crippen molar-refractivity contribution in [1.82, 2.24) is 4.98 Å². The maximum atomic E-state index is 13.6. The molecule has 0 aliphatic carbocycles. The second kappa shape index (κ2) is 3.56. The number of carbonyl (C=O) groups is 1. The summed E-state index contributed by atoms with van der Waals surface area (Å²) >= 11 is 0. The molecule has 1 unspecified atom stereocenters. The summed E-state index contributed by atoms with van der Waals surface area (Å²) in [5.74, 6) is -2.08. The van der Waals surface area contributed by atoms with Crippen molar-refractivity contribution in [3.63, 3.8) is 0 Å². The normalized spacial score (nSPS) is 19.2. The van der Waals surface area contributed by atoms with E-state index in [9.17, 15) is 9.18 Å². The van der Waals surface area contributed by atoms with Crippen LogP contribution in [0.25, 0.3) is 10.9 Å². The van der Waals surface area contributed by atoms with Crippen LogP contribution >= 0.6 is 0 Å². The van der Waals surface area contributed by atoms with Crippen LogP contribution in [0, 0.1) is 5.82 Å². The van der Waals surface area contributed by atoms with E-state index in [0.29, 0.717) is 23.2 Å². The van der Waals surface area contributed by atoms with Crippen molar-refractivity contribution >= 4 is 16.9 Å². The highest BCUT2D eigenvalue weighted by Gasteiger charge is 2.30. The Morgan fingerprint density at radius 2 is 2.35 bits per heavy atom. The van der Waals surface area contributed by atoms with Crippen molar-refractivity contribution in [1.29, 1.82) is 0 Å². The third-order valence-electron chi connectivity index (χ3n) is 3.10. The topological polar surface area (TPSA) is 62.3 Å². The van der Waals surface area contributed by atoms with Crippen molar-refractivity contribution in [2.75, 3.05) is 6.61 Å². The molecule has 5 heteroatoms. The molecule has 2 aromatic rings. The van der Waals surface area contributed by atoms with Crippen LogP contribution in [0.2, 0.25) is 0 Å². The summed E-state index contributed by atoms with van der Waals surface area (Å²) in [7, 11) is 0. The van der Waals surface area contributed by atoms with Gasteiger partial charge in [0.2, 0.25) is 0 Å². The molecule has 0 saturated carbocycles. The summed E-state index contributed by atoms with van der Waals surface area (Å²) in [5, 5.41) is 9.79. The molecule has 0 amide bonds. The number of carboxylic acid groups (broad SMARTS) is 1. The van der Waals surface area contributed by atoms with E-state index in [-0.39, 0.29) is 12.4 Å². The van der Waals surface area contributed by atoms with Crippen LogP contribution in [0.4, 0.5) is 4.39 Å². The van der Waals surface area contributed by atoms with Gasteiger partial charge < -0.3 is 14.8 Å². The average Bonchev–Trinajstić information content (AvgIpc) is 2.69. The molecule has 17 heavy (non-hydrogen) atoms. The Hall–Kier alpha value is -1.88. The highest BCUT2D eigenvalue weighted by Crippen LogP contribution is 2.33. The number of fused-ring (bicyclic) bond motifs is 3. The minimum Gasteiger partial charge on any atom is -0.481 e. The molecule has 3 rings (SSSR count). The summed E-state index contributed by atoms with van der Waals surface area (Å²) in [6, 6.07) is 4.72. The number of halogens is 1. The standard InChI is InChI=1S/C12H10FNO3/c13-9-3-1-2-6-7-4-17-5-8(12(15)16)10(7)14-11(6)9/h1-3,8,14H,4-5H2,(H,15,16). The second-order valence-corrected chi connectivity index (χ2v) is 4.09. The van der Waals surface area contributed by atoms with Crippen LogP contribution in [-0.2, 0) is 16.1 Å². The third-order valence-corrected chi connectivity index (χ3v) is 3.10. The van der Waals surface area contributed by atoms with Crippen molar-refractivity contribution < 1.29 is 19.0 Å². The van der Waals surface area contributed by atoms with Crippen LogP contribution in [0.3, 0.4) is 0 Å². The zero-order valence-corrected chi connectivity index (χ0v) is 8.87. The lowest BCUT2D eigenvalue weighted by Gasteiger charge is -2.19. The highest BCUT2D eigenvalue weighted by atomic mass is 19.1. The van der Waals surface area contributed by atoms with Gasteiger partial charge in [0.05, 0.1) is 18.7 Å². The van der Waals surface area contributed by atoms with Crippen molar-refractivity contribution in [2.24, 2.45) is 0 Å². The van der Waals surface area contributed by atoms with E-state index in [0.717, 1.165) is 5.56 Å². The minimum atomic E-state index is -0.960. The molecular formula is C12H10FNO3. The Bertz CT molecular complexity index is 605. The molecule has 2 N–H and O–H groups in total. The maximum Gasteiger partial charge on any atom is 0.314 e. The quantitative estimate of drug-likeness (QED) is 0.794. The van der Waals surface area contributed by atoms with Crippen molar-refractivity contribution in [3.8, 4) is 0 Å². The lowest BCUT2D eigenvalue weighted by atomic mass is 9.99. The van der Waals surface area contributed by atoms with E-state index < -0.39 is 11.9 Å². The van der Waals surface area contributed by atoms with Gasteiger partial charge in [0.25, 0.3) is 0 Å². The van der Waals surface area contributed by atoms with Crippen LogP contribution in [-0.4, -0.2) is 22.7 Å². The lowest BCUT2D eigenvalue weighted by molar-refractivity contribution is -0.141. The molecule has 1 aromatic heterocycles. The van der Waals surface area contributed by atoms with Gasteiger partial charge in [-0.05, 0) is 6.07 Å². The fourth-order valence-electron chi connectivity index (χ4n) is 2.27. The van der Waals surface area contributed by atoms with Gasteiger partial charge in [0.15, 0.2) is 0 Å². The Kier molecular flexibility index (Phi) is 2.16. The van der Waals surface area contributed by atoms with E-state index in [4.69, 9.17) is 9.84 Å². The zero-order chi connectivity index (χ0) is 12.0. The molecule has 1 aliphatic rings. The highest BCUT2D eigenvalue weighted by molar-refractivity contribution is 5.88. The van der Waals surface area contributed by atoms with Gasteiger partial charge in [-0.25, -0.2) is 4.39 Å². The van der Waals surface area contributed by atoms with Gasteiger partial charge in [-0.2, -0.15) is 0 Å². The molecule has 1 atom stereocenters. The molecule has 0 bridgehead atoms. The minimum absolute atomic E-state index is 0.122. The molecule has 2 heterocycles. The van der Waals surface area contributed by atoms with E-state index in [1.165, 1.54) is 6.07 Å².